The van der Waals surface area contributed by atoms with Crippen molar-refractivity contribution in [3.8, 4) is 5.75 Å². The van der Waals surface area contributed by atoms with Gasteiger partial charge in [-0.25, -0.2) is 0 Å². The van der Waals surface area contributed by atoms with Gasteiger partial charge in [0.25, 0.3) is 5.91 Å². The van der Waals surface area contributed by atoms with Crippen LogP contribution in [0.15, 0.2) is 24.3 Å². The van der Waals surface area contributed by atoms with Crippen molar-refractivity contribution in [2.24, 2.45) is 5.92 Å². The summed E-state index contributed by atoms with van der Waals surface area (Å²) >= 11 is 0. The zero-order valence-electron chi connectivity index (χ0n) is 8.80. The van der Waals surface area contributed by atoms with Crippen LogP contribution < -0.4 is 5.32 Å². The Labute approximate surface area is 92.7 Å². The number of carbonyl (C=O) groups is 2. The molecule has 1 unspecified atom stereocenters. The quantitative estimate of drug-likeness (QED) is 0.706. The number of carboxylic acids is 1. The Morgan fingerprint density at radius 1 is 1.44 bits per heavy atom. The van der Waals surface area contributed by atoms with E-state index in [-0.39, 0.29) is 12.3 Å². The topological polar surface area (TPSA) is 86.6 Å². The Hall–Kier alpha value is -2.04. The first-order valence-corrected chi connectivity index (χ1v) is 4.80. The molecule has 0 saturated carbocycles. The molecule has 0 saturated heterocycles. The average molecular weight is 223 g/mol. The van der Waals surface area contributed by atoms with E-state index in [1.165, 1.54) is 19.1 Å². The number of phenolic OH excluding ortho intramolecular Hbond substituents is 1. The Morgan fingerprint density at radius 3 is 2.69 bits per heavy atom. The van der Waals surface area contributed by atoms with E-state index >= 15 is 0 Å². The van der Waals surface area contributed by atoms with Gasteiger partial charge in [0.1, 0.15) is 5.75 Å². The molecule has 86 valence electrons. The minimum absolute atomic E-state index is 0.000988. The van der Waals surface area contributed by atoms with Crippen LogP contribution in [0.25, 0.3) is 0 Å². The summed E-state index contributed by atoms with van der Waals surface area (Å²) in [5, 5.41) is 20.2. The minimum atomic E-state index is -0.962. The third-order valence-electron chi connectivity index (χ3n) is 2.10. The van der Waals surface area contributed by atoms with E-state index in [1.807, 2.05) is 0 Å². The molecule has 16 heavy (non-hydrogen) atoms. The van der Waals surface area contributed by atoms with E-state index in [4.69, 9.17) is 10.2 Å². The van der Waals surface area contributed by atoms with Crippen LogP contribution in [0.3, 0.4) is 0 Å². The van der Waals surface area contributed by atoms with Gasteiger partial charge in [-0.05, 0) is 18.2 Å². The highest BCUT2D eigenvalue weighted by Gasteiger charge is 2.13. The summed E-state index contributed by atoms with van der Waals surface area (Å²) in [5.41, 5.74) is 0.303. The van der Waals surface area contributed by atoms with Crippen molar-refractivity contribution in [1.29, 1.82) is 0 Å². The summed E-state index contributed by atoms with van der Waals surface area (Å²) < 4.78 is 0. The zero-order chi connectivity index (χ0) is 12.1. The fourth-order valence-corrected chi connectivity index (χ4v) is 1.08. The van der Waals surface area contributed by atoms with Gasteiger partial charge in [0.2, 0.25) is 0 Å². The first-order valence-electron chi connectivity index (χ1n) is 4.80. The molecule has 0 spiro atoms. The molecule has 1 aromatic rings. The number of nitrogens with one attached hydrogen (secondary N) is 1. The number of carboxylic acid groups (broad SMARTS) is 1. The number of carbonyl (C=O) groups excluding carboxylic acids is 1. The Bertz CT molecular complexity index is 403. The van der Waals surface area contributed by atoms with Gasteiger partial charge in [0.15, 0.2) is 0 Å². The van der Waals surface area contributed by atoms with Crippen molar-refractivity contribution in [2.75, 3.05) is 6.54 Å². The van der Waals surface area contributed by atoms with E-state index in [9.17, 15) is 9.59 Å². The van der Waals surface area contributed by atoms with Crippen molar-refractivity contribution in [3.63, 3.8) is 0 Å². The molecule has 5 heteroatoms. The van der Waals surface area contributed by atoms with Gasteiger partial charge >= 0.3 is 5.97 Å². The number of aliphatic carboxylic acids is 1. The Morgan fingerprint density at radius 2 is 2.12 bits per heavy atom. The number of hydrogen-bond acceptors (Lipinski definition) is 3. The lowest BCUT2D eigenvalue weighted by atomic mass is 10.1. The fourth-order valence-electron chi connectivity index (χ4n) is 1.08. The molecule has 0 aliphatic rings. The first kappa shape index (κ1) is 12.0. The maximum Gasteiger partial charge on any atom is 0.308 e. The molecule has 5 nitrogen and oxygen atoms in total. The molecule has 0 aliphatic heterocycles. The average Bonchev–Trinajstić information content (AvgIpc) is 2.25. The van der Waals surface area contributed by atoms with Crippen molar-refractivity contribution in [2.45, 2.75) is 6.92 Å². The first-order chi connectivity index (χ1) is 7.50. The maximum absolute atomic E-state index is 11.5. The third kappa shape index (κ3) is 3.27. The van der Waals surface area contributed by atoms with E-state index in [0.29, 0.717) is 5.56 Å². The van der Waals surface area contributed by atoms with Gasteiger partial charge in [0.05, 0.1) is 5.92 Å². The molecule has 1 atom stereocenters. The van der Waals surface area contributed by atoms with Crippen molar-refractivity contribution >= 4 is 11.9 Å². The summed E-state index contributed by atoms with van der Waals surface area (Å²) in [6.07, 6.45) is 0. The second-order valence-electron chi connectivity index (χ2n) is 3.50. The van der Waals surface area contributed by atoms with Gasteiger partial charge in [0, 0.05) is 12.1 Å². The number of rotatable bonds is 4. The van der Waals surface area contributed by atoms with Gasteiger partial charge in [-0.2, -0.15) is 0 Å². The molecule has 1 amide bonds. The molecule has 1 aromatic carbocycles. The van der Waals surface area contributed by atoms with Gasteiger partial charge in [-0.1, -0.05) is 13.0 Å². The Kier molecular flexibility index (Phi) is 3.88. The summed E-state index contributed by atoms with van der Waals surface area (Å²) in [7, 11) is 0. The molecule has 0 heterocycles. The van der Waals surface area contributed by atoms with Crippen LogP contribution >= 0.6 is 0 Å². The van der Waals surface area contributed by atoms with E-state index < -0.39 is 17.8 Å². The lowest BCUT2D eigenvalue weighted by Gasteiger charge is -2.08. The molecule has 1 rings (SSSR count). The van der Waals surface area contributed by atoms with Crippen LogP contribution in [0, 0.1) is 5.92 Å². The minimum Gasteiger partial charge on any atom is -0.508 e. The molecule has 3 N–H and O–H groups in total. The molecule has 0 aliphatic carbocycles. The van der Waals surface area contributed by atoms with E-state index in [0.717, 1.165) is 0 Å². The molecule has 0 aromatic heterocycles. The van der Waals surface area contributed by atoms with Crippen LogP contribution in [0.1, 0.15) is 17.3 Å². The number of hydrogen-bond donors (Lipinski definition) is 3. The molecule has 0 radical (unpaired) electrons. The number of aromatic hydroxyl groups is 1. The lowest BCUT2D eigenvalue weighted by molar-refractivity contribution is -0.140. The second kappa shape index (κ2) is 5.16. The highest BCUT2D eigenvalue weighted by Crippen LogP contribution is 2.10. The smallest absolute Gasteiger partial charge is 0.308 e. The van der Waals surface area contributed by atoms with Crippen LogP contribution in [-0.4, -0.2) is 28.6 Å². The molecule has 0 bridgehead atoms. The van der Waals surface area contributed by atoms with Crippen LogP contribution in [0.4, 0.5) is 0 Å². The summed E-state index contributed by atoms with van der Waals surface area (Å²) in [5.74, 6) is -2.00. The third-order valence-corrected chi connectivity index (χ3v) is 2.10. The molecular formula is C11H13NO4. The largest absolute Gasteiger partial charge is 0.508 e. The standard InChI is InChI=1S/C11H13NO4/c1-7(11(15)16)6-12-10(14)8-3-2-4-9(13)5-8/h2-5,7,13H,6H2,1H3,(H,12,14)(H,15,16). The molecule has 0 fully saturated rings. The van der Waals surface area contributed by atoms with E-state index in [1.54, 1.807) is 12.1 Å². The lowest BCUT2D eigenvalue weighted by Crippen LogP contribution is -2.31. The fraction of sp³-hybridized carbons (Fsp3) is 0.273. The van der Waals surface area contributed by atoms with Gasteiger partial charge in [-0.3, -0.25) is 9.59 Å². The summed E-state index contributed by atoms with van der Waals surface area (Å²) in [4.78, 5) is 22.0. The maximum atomic E-state index is 11.5. The van der Waals surface area contributed by atoms with Crippen molar-refractivity contribution in [1.82, 2.24) is 5.32 Å². The van der Waals surface area contributed by atoms with Gasteiger partial charge in [-0.15, -0.1) is 0 Å². The zero-order valence-corrected chi connectivity index (χ0v) is 8.80. The van der Waals surface area contributed by atoms with Gasteiger partial charge < -0.3 is 15.5 Å². The number of phenols is 1. The summed E-state index contributed by atoms with van der Waals surface area (Å²) in [6, 6.07) is 5.86. The highest BCUT2D eigenvalue weighted by molar-refractivity contribution is 5.94. The predicted octanol–water partition coefficient (Wildman–Crippen LogP) is 0.843. The monoisotopic (exact) mass is 223 g/mol. The Balaban J connectivity index is 2.56. The SMILES string of the molecule is CC(CNC(=O)c1cccc(O)c1)C(=O)O. The second-order valence-corrected chi connectivity index (χ2v) is 3.50. The number of amides is 1. The highest BCUT2D eigenvalue weighted by atomic mass is 16.4. The van der Waals surface area contributed by atoms with Crippen LogP contribution in [0.2, 0.25) is 0 Å². The molecular weight excluding hydrogens is 210 g/mol. The number of benzene rings is 1. The predicted molar refractivity (Wildman–Crippen MR) is 57.2 cm³/mol. The van der Waals surface area contributed by atoms with Crippen LogP contribution in [-0.2, 0) is 4.79 Å². The normalized spacial score (nSPS) is 11.8. The van der Waals surface area contributed by atoms with Crippen molar-refractivity contribution < 1.29 is 19.8 Å². The summed E-state index contributed by atoms with van der Waals surface area (Å²) in [6.45, 7) is 1.56. The van der Waals surface area contributed by atoms with Crippen molar-refractivity contribution in [3.05, 3.63) is 29.8 Å². The van der Waals surface area contributed by atoms with Crippen LogP contribution in [0.5, 0.6) is 5.75 Å². The van der Waals surface area contributed by atoms with E-state index in [2.05, 4.69) is 5.32 Å².